The van der Waals surface area contributed by atoms with E-state index in [9.17, 15) is 0 Å². The van der Waals surface area contributed by atoms with Crippen LogP contribution in [0.4, 0.5) is 5.69 Å². The van der Waals surface area contributed by atoms with Gasteiger partial charge in [-0.05, 0) is 48.1 Å². The summed E-state index contributed by atoms with van der Waals surface area (Å²) >= 11 is 17.7. The third-order valence-corrected chi connectivity index (χ3v) is 5.09. The lowest BCUT2D eigenvalue weighted by atomic mass is 10.2. The first-order chi connectivity index (χ1) is 11.6. The number of hydrogen-bond acceptors (Lipinski definition) is 2. The smallest absolute Gasteiger partial charge is 0.173 e. The summed E-state index contributed by atoms with van der Waals surface area (Å²) in [6, 6.07) is 15.6. The molecule has 2 aromatic carbocycles. The Balaban J connectivity index is 1.50. The summed E-state index contributed by atoms with van der Waals surface area (Å²) in [6.45, 7) is 4.62. The van der Waals surface area contributed by atoms with Gasteiger partial charge in [-0.3, -0.25) is 4.90 Å². The first kappa shape index (κ1) is 17.5. The molecule has 1 fully saturated rings. The van der Waals surface area contributed by atoms with Crippen molar-refractivity contribution in [2.45, 2.75) is 6.54 Å². The SMILES string of the molecule is S=C(Nc1ccc(Cl)cc1)N1CCN(Cc2ccccc2Cl)CC1. The quantitative estimate of drug-likeness (QED) is 0.790. The number of nitrogens with one attached hydrogen (secondary N) is 1. The number of halogens is 2. The van der Waals surface area contributed by atoms with Crippen LogP contribution in [-0.2, 0) is 6.54 Å². The van der Waals surface area contributed by atoms with Crippen LogP contribution < -0.4 is 5.32 Å². The van der Waals surface area contributed by atoms with Gasteiger partial charge in [0.2, 0.25) is 0 Å². The van der Waals surface area contributed by atoms with Crippen molar-refractivity contribution in [3.63, 3.8) is 0 Å². The Morgan fingerprint density at radius 1 is 0.958 bits per heavy atom. The van der Waals surface area contributed by atoms with Crippen molar-refractivity contribution in [2.24, 2.45) is 0 Å². The van der Waals surface area contributed by atoms with Gasteiger partial charge in [0, 0.05) is 48.5 Å². The molecule has 0 unspecified atom stereocenters. The zero-order valence-corrected chi connectivity index (χ0v) is 15.5. The molecule has 2 aromatic rings. The third-order valence-electron chi connectivity index (χ3n) is 4.11. The average Bonchev–Trinajstić information content (AvgIpc) is 2.59. The predicted octanol–water partition coefficient (Wildman–Crippen LogP) is 4.51. The molecule has 0 saturated carbocycles. The van der Waals surface area contributed by atoms with E-state index in [0.717, 1.165) is 53.6 Å². The second kappa shape index (κ2) is 8.17. The molecule has 1 saturated heterocycles. The highest BCUT2D eigenvalue weighted by Crippen LogP contribution is 2.18. The summed E-state index contributed by atoms with van der Waals surface area (Å²) in [5, 5.41) is 5.59. The summed E-state index contributed by atoms with van der Waals surface area (Å²) < 4.78 is 0. The third kappa shape index (κ3) is 4.61. The lowest BCUT2D eigenvalue weighted by molar-refractivity contribution is 0.177. The Morgan fingerprint density at radius 3 is 2.29 bits per heavy atom. The molecule has 1 N–H and O–H groups in total. The molecule has 0 spiro atoms. The molecule has 3 nitrogen and oxygen atoms in total. The van der Waals surface area contributed by atoms with Crippen LogP contribution in [0.2, 0.25) is 10.0 Å². The first-order valence-corrected chi connectivity index (χ1v) is 9.05. The Bertz CT molecular complexity index is 698. The molecule has 0 radical (unpaired) electrons. The van der Waals surface area contributed by atoms with Crippen LogP contribution in [0.3, 0.4) is 0 Å². The van der Waals surface area contributed by atoms with Gasteiger partial charge in [0.15, 0.2) is 5.11 Å². The topological polar surface area (TPSA) is 18.5 Å². The summed E-state index contributed by atoms with van der Waals surface area (Å²) in [5.74, 6) is 0. The standard InChI is InChI=1S/C18H19Cl2N3S/c19-15-5-7-16(8-6-15)21-18(24)23-11-9-22(10-12-23)13-14-3-1-2-4-17(14)20/h1-8H,9-13H2,(H,21,24). The molecule has 3 rings (SSSR count). The maximum Gasteiger partial charge on any atom is 0.173 e. The lowest BCUT2D eigenvalue weighted by Gasteiger charge is -2.36. The summed E-state index contributed by atoms with van der Waals surface area (Å²) in [7, 11) is 0. The van der Waals surface area contributed by atoms with Gasteiger partial charge in [-0.1, -0.05) is 41.4 Å². The van der Waals surface area contributed by atoms with Gasteiger partial charge in [-0.15, -0.1) is 0 Å². The van der Waals surface area contributed by atoms with Gasteiger partial charge in [-0.25, -0.2) is 0 Å². The number of piperazine rings is 1. The Labute approximate surface area is 158 Å². The largest absolute Gasteiger partial charge is 0.346 e. The van der Waals surface area contributed by atoms with Crippen LogP contribution in [0.25, 0.3) is 0 Å². The number of anilines is 1. The highest BCUT2D eigenvalue weighted by molar-refractivity contribution is 7.80. The Kier molecular flexibility index (Phi) is 5.95. The molecule has 1 heterocycles. The van der Waals surface area contributed by atoms with E-state index in [-0.39, 0.29) is 0 Å². The minimum Gasteiger partial charge on any atom is -0.346 e. The van der Waals surface area contributed by atoms with E-state index in [1.807, 2.05) is 42.5 Å². The van der Waals surface area contributed by atoms with Crippen molar-refractivity contribution in [1.82, 2.24) is 9.80 Å². The molecular formula is C18H19Cl2N3S. The summed E-state index contributed by atoms with van der Waals surface area (Å²) in [5.41, 5.74) is 2.14. The molecule has 0 atom stereocenters. The second-order valence-electron chi connectivity index (χ2n) is 5.79. The summed E-state index contributed by atoms with van der Waals surface area (Å²) in [4.78, 5) is 4.61. The maximum atomic E-state index is 6.25. The van der Waals surface area contributed by atoms with Crippen LogP contribution in [0, 0.1) is 0 Å². The fraction of sp³-hybridized carbons (Fsp3) is 0.278. The highest BCUT2D eigenvalue weighted by Gasteiger charge is 2.19. The molecule has 6 heteroatoms. The van der Waals surface area contributed by atoms with Gasteiger partial charge < -0.3 is 10.2 Å². The molecule has 126 valence electrons. The predicted molar refractivity (Wildman–Crippen MR) is 106 cm³/mol. The van der Waals surface area contributed by atoms with E-state index in [1.54, 1.807) is 0 Å². The molecule has 1 aliphatic rings. The van der Waals surface area contributed by atoms with Gasteiger partial charge in [-0.2, -0.15) is 0 Å². The highest BCUT2D eigenvalue weighted by atomic mass is 35.5. The minimum absolute atomic E-state index is 0.722. The van der Waals surface area contributed by atoms with Crippen LogP contribution in [0.1, 0.15) is 5.56 Å². The van der Waals surface area contributed by atoms with Crippen molar-refractivity contribution in [2.75, 3.05) is 31.5 Å². The Morgan fingerprint density at radius 2 is 1.62 bits per heavy atom. The van der Waals surface area contributed by atoms with Crippen LogP contribution in [0.5, 0.6) is 0 Å². The van der Waals surface area contributed by atoms with Crippen LogP contribution in [0.15, 0.2) is 48.5 Å². The number of rotatable bonds is 3. The first-order valence-electron chi connectivity index (χ1n) is 7.89. The molecular weight excluding hydrogens is 361 g/mol. The van der Waals surface area contributed by atoms with E-state index in [0.29, 0.717) is 0 Å². The van der Waals surface area contributed by atoms with Crippen molar-refractivity contribution >= 4 is 46.2 Å². The Hall–Kier alpha value is -1.33. The van der Waals surface area contributed by atoms with E-state index in [2.05, 4.69) is 21.2 Å². The van der Waals surface area contributed by atoms with Crippen LogP contribution in [-0.4, -0.2) is 41.1 Å². The van der Waals surface area contributed by atoms with Gasteiger partial charge >= 0.3 is 0 Å². The molecule has 0 amide bonds. The lowest BCUT2D eigenvalue weighted by Crippen LogP contribution is -2.49. The molecule has 0 aliphatic carbocycles. The van der Waals surface area contributed by atoms with Crippen LogP contribution >= 0.6 is 35.4 Å². The average molecular weight is 380 g/mol. The van der Waals surface area contributed by atoms with E-state index in [4.69, 9.17) is 35.4 Å². The van der Waals surface area contributed by atoms with Crippen molar-refractivity contribution in [3.05, 3.63) is 64.1 Å². The fourth-order valence-electron chi connectivity index (χ4n) is 2.71. The fourth-order valence-corrected chi connectivity index (χ4v) is 3.33. The molecule has 24 heavy (non-hydrogen) atoms. The van der Waals surface area contributed by atoms with E-state index in [1.165, 1.54) is 5.56 Å². The number of hydrogen-bond donors (Lipinski definition) is 1. The zero-order chi connectivity index (χ0) is 16.9. The van der Waals surface area contributed by atoms with Crippen molar-refractivity contribution in [3.8, 4) is 0 Å². The van der Waals surface area contributed by atoms with Gasteiger partial charge in [0.05, 0.1) is 0 Å². The minimum atomic E-state index is 0.722. The normalized spacial score (nSPS) is 15.3. The van der Waals surface area contributed by atoms with E-state index >= 15 is 0 Å². The van der Waals surface area contributed by atoms with Gasteiger partial charge in [0.25, 0.3) is 0 Å². The molecule has 0 bridgehead atoms. The van der Waals surface area contributed by atoms with Gasteiger partial charge in [0.1, 0.15) is 0 Å². The molecule has 0 aromatic heterocycles. The summed E-state index contributed by atoms with van der Waals surface area (Å²) in [6.07, 6.45) is 0. The number of nitrogens with zero attached hydrogens (tertiary/aromatic N) is 2. The number of benzene rings is 2. The van der Waals surface area contributed by atoms with E-state index < -0.39 is 0 Å². The maximum absolute atomic E-state index is 6.25. The zero-order valence-electron chi connectivity index (χ0n) is 13.2. The second-order valence-corrected chi connectivity index (χ2v) is 7.02. The number of thiocarbonyl (C=S) groups is 1. The van der Waals surface area contributed by atoms with Crippen molar-refractivity contribution < 1.29 is 0 Å². The molecule has 1 aliphatic heterocycles. The van der Waals surface area contributed by atoms with Crippen molar-refractivity contribution in [1.29, 1.82) is 0 Å². The monoisotopic (exact) mass is 379 g/mol.